The zero-order chi connectivity index (χ0) is 50.5. The average Bonchev–Trinajstić information content (AvgIpc) is 3.35. The van der Waals surface area contributed by atoms with Gasteiger partial charge < -0.3 is 70.2 Å². The maximum atomic E-state index is 13.7. The lowest BCUT2D eigenvalue weighted by Crippen LogP contribution is -2.62. The van der Waals surface area contributed by atoms with Crippen LogP contribution in [0.25, 0.3) is 0 Å². The first-order valence-electron chi connectivity index (χ1n) is 28.4. The highest BCUT2D eigenvalue weighted by Crippen LogP contribution is 2.28. The molecule has 69 heavy (non-hydrogen) atoms. The van der Waals surface area contributed by atoms with Crippen LogP contribution in [0.1, 0.15) is 239 Å². The molecule has 2 saturated heterocycles. The van der Waals surface area contributed by atoms with Gasteiger partial charge in [-0.2, -0.15) is 0 Å². The normalized spacial score (nSPS) is 26.5. The van der Waals surface area contributed by atoms with Crippen molar-refractivity contribution in [3.63, 3.8) is 0 Å². The Bertz CT molecular complexity index is 1190. The summed E-state index contributed by atoms with van der Waals surface area (Å²) in [6.07, 6.45) is 22.2. The molecule has 15 heteroatoms. The van der Waals surface area contributed by atoms with Gasteiger partial charge in [-0.05, 0) is 12.8 Å². The number of amides is 1. The lowest BCUT2D eigenvalue weighted by Gasteiger charge is -2.42. The molecule has 0 bridgehead atoms. The molecule has 15 nitrogen and oxygen atoms in total. The van der Waals surface area contributed by atoms with Crippen LogP contribution in [0.15, 0.2) is 0 Å². The summed E-state index contributed by atoms with van der Waals surface area (Å²) in [5, 5.41) is 97.1. The van der Waals surface area contributed by atoms with E-state index in [2.05, 4.69) is 19.2 Å². The van der Waals surface area contributed by atoms with Crippen LogP contribution in [0.4, 0.5) is 0 Å². The van der Waals surface area contributed by atoms with Crippen molar-refractivity contribution in [2.45, 2.75) is 318 Å². The van der Waals surface area contributed by atoms with E-state index in [-0.39, 0.29) is 6.42 Å². The van der Waals surface area contributed by atoms with Crippen LogP contribution in [0.3, 0.4) is 0 Å². The molecule has 2 aliphatic rings. The van der Waals surface area contributed by atoms with Crippen molar-refractivity contribution < 1.29 is 69.7 Å². The van der Waals surface area contributed by atoms with Gasteiger partial charge in [0.2, 0.25) is 5.91 Å². The van der Waals surface area contributed by atoms with E-state index in [1.54, 1.807) is 0 Å². The molecule has 10 N–H and O–H groups in total. The first-order valence-corrected chi connectivity index (χ1v) is 28.4. The highest BCUT2D eigenvalue weighted by molar-refractivity contribution is 5.80. The molecular weight excluding hydrogens is 887 g/mol. The molecule has 0 spiro atoms. The van der Waals surface area contributed by atoms with E-state index < -0.39 is 105 Å². The number of hydrogen-bond acceptors (Lipinski definition) is 14. The van der Waals surface area contributed by atoms with Crippen LogP contribution in [0.2, 0.25) is 0 Å². The van der Waals surface area contributed by atoms with Crippen molar-refractivity contribution in [1.82, 2.24) is 5.32 Å². The molecule has 0 unspecified atom stereocenters. The van der Waals surface area contributed by atoms with Crippen LogP contribution in [0, 0.1) is 0 Å². The minimum absolute atomic E-state index is 0.224. The molecule has 1 amide bonds. The molecule has 0 aromatic carbocycles. The molecule has 0 aromatic heterocycles. The third-order valence-electron chi connectivity index (χ3n) is 14.4. The minimum Gasteiger partial charge on any atom is -0.394 e. The second-order valence-electron chi connectivity index (χ2n) is 20.6. The van der Waals surface area contributed by atoms with Crippen molar-refractivity contribution >= 4 is 5.91 Å². The Morgan fingerprint density at radius 2 is 0.768 bits per heavy atom. The van der Waals surface area contributed by atoms with Crippen LogP contribution in [-0.2, 0) is 23.7 Å². The Balaban J connectivity index is 1.93. The molecule has 2 rings (SSSR count). The fourth-order valence-corrected chi connectivity index (χ4v) is 9.73. The lowest BCUT2D eigenvalue weighted by atomic mass is 9.98. The lowest BCUT2D eigenvalue weighted by molar-refractivity contribution is -0.319. The summed E-state index contributed by atoms with van der Waals surface area (Å²) < 4.78 is 23.5. The van der Waals surface area contributed by atoms with Gasteiger partial charge in [-0.1, -0.05) is 226 Å². The molecule has 0 radical (unpaired) electrons. The van der Waals surface area contributed by atoms with E-state index in [4.69, 9.17) is 18.9 Å². The molecule has 2 fully saturated rings. The van der Waals surface area contributed by atoms with Gasteiger partial charge in [0.05, 0.1) is 32.0 Å². The third kappa shape index (κ3) is 27.7. The Morgan fingerprint density at radius 3 is 1.13 bits per heavy atom. The van der Waals surface area contributed by atoms with Gasteiger partial charge >= 0.3 is 0 Å². The summed E-state index contributed by atoms with van der Waals surface area (Å²) >= 11 is 0. The van der Waals surface area contributed by atoms with Crippen LogP contribution in [-0.4, -0.2) is 151 Å². The van der Waals surface area contributed by atoms with Gasteiger partial charge in [0, 0.05) is 0 Å². The molecule has 0 saturated carbocycles. The van der Waals surface area contributed by atoms with E-state index in [1.165, 1.54) is 154 Å². The fraction of sp³-hybridized carbons (Fsp3) is 0.981. The number of unbranched alkanes of at least 4 members (excludes halogenated alkanes) is 31. The van der Waals surface area contributed by atoms with Gasteiger partial charge in [-0.15, -0.1) is 0 Å². The number of nitrogens with one attached hydrogen (secondary N) is 1. The summed E-state index contributed by atoms with van der Waals surface area (Å²) in [7, 11) is 0. The number of aliphatic hydroxyl groups excluding tert-OH is 9. The van der Waals surface area contributed by atoms with Gasteiger partial charge in [0.25, 0.3) is 0 Å². The maximum Gasteiger partial charge on any atom is 0.249 e. The first kappa shape index (κ1) is 64.1. The summed E-state index contributed by atoms with van der Waals surface area (Å²) in [4.78, 5) is 13.7. The molecule has 410 valence electrons. The second-order valence-corrected chi connectivity index (χ2v) is 20.6. The van der Waals surface area contributed by atoms with Crippen LogP contribution >= 0.6 is 0 Å². The number of carbonyl (C=O) groups is 1. The average molecular weight is 992 g/mol. The van der Waals surface area contributed by atoms with Crippen molar-refractivity contribution in [3.8, 4) is 0 Å². The van der Waals surface area contributed by atoms with Crippen molar-refractivity contribution in [1.29, 1.82) is 0 Å². The summed E-state index contributed by atoms with van der Waals surface area (Å²) in [5.41, 5.74) is 0. The highest BCUT2D eigenvalue weighted by Gasteiger charge is 2.47. The van der Waals surface area contributed by atoms with Crippen LogP contribution in [0.5, 0.6) is 0 Å². The van der Waals surface area contributed by atoms with Crippen molar-refractivity contribution in [2.24, 2.45) is 0 Å². The number of aliphatic hydroxyl groups is 9. The molecule has 0 aromatic rings. The number of rotatable bonds is 45. The monoisotopic (exact) mass is 992 g/mol. The standard InChI is InChI=1S/C54H105NO14/c1-3-5-7-9-11-13-15-17-18-19-20-21-22-23-25-26-28-30-32-34-36-42(58)52(65)55-41(40-66-53-50(63)48(61)46(59)44(38-56)68-53)43(67-54-51(64)49(62)47(60)45(39-57)69-54)37-35-33-31-29-27-24-16-14-12-10-8-6-4-2/h41-51,53-54,56-64H,3-40H2,1-2H3,(H,55,65)/t41-,42+,43+,44-,45-,46-,47-,48-,49-,50-,51-,53-,54+/m0/s1. The van der Waals surface area contributed by atoms with E-state index in [0.717, 1.165) is 44.9 Å². The SMILES string of the molecule is CCCCCCCCCCCCCCCCCCCCCC[C@@H](O)C(=O)N[C@@H](CO[C@H]1O[C@@H](CO)[C@H](O)[C@H](O)[C@@H]1O)[C@@H](CCCCCCCCCCCCCCC)O[C@@H]1O[C@@H](CO)[C@H](O)[C@H](O)[C@@H]1O. The number of hydrogen-bond donors (Lipinski definition) is 10. The molecule has 2 aliphatic heterocycles. The summed E-state index contributed by atoms with van der Waals surface area (Å²) in [5.74, 6) is -0.692. The molecule has 13 atom stereocenters. The Kier molecular flexibility index (Phi) is 38.4. The van der Waals surface area contributed by atoms with E-state index in [0.29, 0.717) is 19.3 Å². The van der Waals surface area contributed by atoms with Crippen molar-refractivity contribution in [3.05, 3.63) is 0 Å². The molecule has 2 heterocycles. The molecular formula is C54H105NO14. The smallest absolute Gasteiger partial charge is 0.249 e. The second kappa shape index (κ2) is 41.3. The predicted octanol–water partition coefficient (Wildman–Crippen LogP) is 7.53. The minimum atomic E-state index is -1.72. The van der Waals surface area contributed by atoms with E-state index >= 15 is 0 Å². The van der Waals surface area contributed by atoms with Crippen molar-refractivity contribution in [2.75, 3.05) is 19.8 Å². The van der Waals surface area contributed by atoms with Gasteiger partial charge in [0.1, 0.15) is 54.9 Å². The highest BCUT2D eigenvalue weighted by atomic mass is 16.7. The van der Waals surface area contributed by atoms with Gasteiger partial charge in [-0.3, -0.25) is 4.79 Å². The van der Waals surface area contributed by atoms with E-state index in [9.17, 15) is 50.8 Å². The Labute approximate surface area is 417 Å². The fourth-order valence-electron chi connectivity index (χ4n) is 9.73. The molecule has 0 aliphatic carbocycles. The Hall–Kier alpha value is -1.05. The summed E-state index contributed by atoms with van der Waals surface area (Å²) in [6, 6.07) is -1.07. The zero-order valence-electron chi connectivity index (χ0n) is 43.4. The van der Waals surface area contributed by atoms with Gasteiger partial charge in [-0.25, -0.2) is 0 Å². The summed E-state index contributed by atoms with van der Waals surface area (Å²) in [6.45, 7) is 2.75. The topological polar surface area (TPSA) is 248 Å². The maximum absolute atomic E-state index is 13.7. The third-order valence-corrected chi connectivity index (χ3v) is 14.4. The van der Waals surface area contributed by atoms with Gasteiger partial charge in [0.15, 0.2) is 12.6 Å². The number of ether oxygens (including phenoxy) is 4. The zero-order valence-corrected chi connectivity index (χ0v) is 43.4. The Morgan fingerprint density at radius 1 is 0.449 bits per heavy atom. The largest absolute Gasteiger partial charge is 0.394 e. The number of carbonyl (C=O) groups excluding carboxylic acids is 1. The van der Waals surface area contributed by atoms with Crippen LogP contribution < -0.4 is 5.32 Å². The quantitative estimate of drug-likeness (QED) is 0.0265. The predicted molar refractivity (Wildman–Crippen MR) is 269 cm³/mol. The first-order chi connectivity index (χ1) is 33.5. The van der Waals surface area contributed by atoms with E-state index in [1.807, 2.05) is 0 Å².